The van der Waals surface area contributed by atoms with E-state index in [1.807, 2.05) is 51.4 Å². The van der Waals surface area contributed by atoms with Gasteiger partial charge in [-0.05, 0) is 38.1 Å². The highest BCUT2D eigenvalue weighted by Crippen LogP contribution is 2.18. The van der Waals surface area contributed by atoms with Gasteiger partial charge in [-0.15, -0.1) is 10.2 Å². The highest BCUT2D eigenvalue weighted by atomic mass is 16.1. The molecule has 2 heterocycles. The van der Waals surface area contributed by atoms with E-state index < -0.39 is 0 Å². The minimum absolute atomic E-state index is 0.122. The first kappa shape index (κ1) is 17.6. The fourth-order valence-electron chi connectivity index (χ4n) is 2.50. The Bertz CT molecular complexity index is 868. The number of hydrogen-bond donors (Lipinski definition) is 2. The van der Waals surface area contributed by atoms with Crippen molar-refractivity contribution in [3.63, 3.8) is 0 Å². The Labute approximate surface area is 152 Å². The number of carbonyl (C=O) groups is 1. The molecule has 0 spiro atoms. The second-order valence-corrected chi connectivity index (χ2v) is 6.39. The van der Waals surface area contributed by atoms with Gasteiger partial charge >= 0.3 is 0 Å². The lowest BCUT2D eigenvalue weighted by Gasteiger charge is -2.08. The highest BCUT2D eigenvalue weighted by molar-refractivity contribution is 5.94. The summed E-state index contributed by atoms with van der Waals surface area (Å²) in [5.74, 6) is 0.623. The fraction of sp³-hybridized carbons (Fsp3) is 0.263. The van der Waals surface area contributed by atoms with Crippen LogP contribution in [0.5, 0.6) is 0 Å². The third-order valence-corrected chi connectivity index (χ3v) is 3.76. The zero-order valence-corrected chi connectivity index (χ0v) is 15.1. The van der Waals surface area contributed by atoms with E-state index in [2.05, 4.69) is 25.9 Å². The molecule has 0 saturated carbocycles. The van der Waals surface area contributed by atoms with Crippen LogP contribution in [0.15, 0.2) is 48.8 Å². The van der Waals surface area contributed by atoms with Gasteiger partial charge in [0.05, 0.1) is 11.9 Å². The molecule has 26 heavy (non-hydrogen) atoms. The van der Waals surface area contributed by atoms with Crippen molar-refractivity contribution in [2.24, 2.45) is 7.05 Å². The summed E-state index contributed by atoms with van der Waals surface area (Å²) in [7, 11) is 1.85. The van der Waals surface area contributed by atoms with Crippen LogP contribution in [0, 0.1) is 0 Å². The van der Waals surface area contributed by atoms with E-state index >= 15 is 0 Å². The number of nitrogens with one attached hydrogen (secondary N) is 2. The first-order chi connectivity index (χ1) is 12.5. The largest absolute Gasteiger partial charge is 0.366 e. The molecule has 0 saturated heterocycles. The second kappa shape index (κ2) is 7.77. The lowest BCUT2D eigenvalue weighted by Crippen LogP contribution is -2.22. The molecule has 3 rings (SSSR count). The van der Waals surface area contributed by atoms with Crippen LogP contribution in [0.3, 0.4) is 0 Å². The first-order valence-electron chi connectivity index (χ1n) is 8.47. The minimum Gasteiger partial charge on any atom is -0.366 e. The predicted octanol–water partition coefficient (Wildman–Crippen LogP) is 2.63. The summed E-state index contributed by atoms with van der Waals surface area (Å²) in [4.78, 5) is 12.2. The SMILES string of the molecule is CC(C)Nc1ccc(-c2ccc(C(=O)NCc3cnn(C)c3)cc2)nn1. The van der Waals surface area contributed by atoms with Gasteiger partial charge in [-0.25, -0.2) is 0 Å². The number of hydrogen-bond acceptors (Lipinski definition) is 5. The van der Waals surface area contributed by atoms with Gasteiger partial charge in [-0.3, -0.25) is 9.48 Å². The molecular formula is C19H22N6O. The van der Waals surface area contributed by atoms with Crippen molar-refractivity contribution in [2.45, 2.75) is 26.4 Å². The molecule has 1 amide bonds. The van der Waals surface area contributed by atoms with Crippen molar-refractivity contribution < 1.29 is 4.79 Å². The number of aromatic nitrogens is 4. The summed E-state index contributed by atoms with van der Waals surface area (Å²) in [6, 6.07) is 11.4. The van der Waals surface area contributed by atoms with Crippen molar-refractivity contribution in [3.05, 3.63) is 59.9 Å². The van der Waals surface area contributed by atoms with Crippen molar-refractivity contribution >= 4 is 11.7 Å². The van der Waals surface area contributed by atoms with Crippen molar-refractivity contribution in [1.29, 1.82) is 0 Å². The molecule has 2 aromatic heterocycles. The molecule has 0 aliphatic carbocycles. The Morgan fingerprint density at radius 1 is 1.12 bits per heavy atom. The van der Waals surface area contributed by atoms with Crippen LogP contribution in [0.2, 0.25) is 0 Å². The zero-order valence-electron chi connectivity index (χ0n) is 15.1. The lowest BCUT2D eigenvalue weighted by atomic mass is 10.1. The summed E-state index contributed by atoms with van der Waals surface area (Å²) < 4.78 is 1.71. The van der Waals surface area contributed by atoms with E-state index in [4.69, 9.17) is 0 Å². The maximum Gasteiger partial charge on any atom is 0.251 e. The Morgan fingerprint density at radius 3 is 2.46 bits per heavy atom. The summed E-state index contributed by atoms with van der Waals surface area (Å²) >= 11 is 0. The van der Waals surface area contributed by atoms with Crippen LogP contribution in [-0.2, 0) is 13.6 Å². The van der Waals surface area contributed by atoms with Gasteiger partial charge in [0, 0.05) is 42.5 Å². The standard InChI is InChI=1S/C19H22N6O/c1-13(2)22-18-9-8-17(23-24-18)15-4-6-16(7-5-15)19(26)20-10-14-11-21-25(3)12-14/h4-9,11-13H,10H2,1-3H3,(H,20,26)(H,22,24). The number of amides is 1. The molecule has 134 valence electrons. The van der Waals surface area contributed by atoms with Crippen LogP contribution in [-0.4, -0.2) is 31.9 Å². The Hall–Kier alpha value is -3.22. The summed E-state index contributed by atoms with van der Waals surface area (Å²) in [6.45, 7) is 4.55. The predicted molar refractivity (Wildman–Crippen MR) is 101 cm³/mol. The third-order valence-electron chi connectivity index (χ3n) is 3.76. The molecule has 7 heteroatoms. The molecule has 0 atom stereocenters. The molecule has 3 aromatic rings. The van der Waals surface area contributed by atoms with E-state index in [0.29, 0.717) is 18.2 Å². The molecule has 0 unspecified atom stereocenters. The van der Waals surface area contributed by atoms with Crippen molar-refractivity contribution in [1.82, 2.24) is 25.3 Å². The number of benzene rings is 1. The van der Waals surface area contributed by atoms with Gasteiger partial charge < -0.3 is 10.6 Å². The molecule has 0 radical (unpaired) electrons. The van der Waals surface area contributed by atoms with Crippen molar-refractivity contribution in [3.8, 4) is 11.3 Å². The quantitative estimate of drug-likeness (QED) is 0.714. The number of nitrogens with zero attached hydrogens (tertiary/aromatic N) is 4. The summed E-state index contributed by atoms with van der Waals surface area (Å²) in [6.07, 6.45) is 3.61. The van der Waals surface area contributed by atoms with Crippen LogP contribution in [0.1, 0.15) is 29.8 Å². The molecule has 0 aliphatic heterocycles. The van der Waals surface area contributed by atoms with E-state index in [1.165, 1.54) is 0 Å². The second-order valence-electron chi connectivity index (χ2n) is 6.39. The Balaban J connectivity index is 1.63. The van der Waals surface area contributed by atoms with Crippen LogP contribution < -0.4 is 10.6 Å². The van der Waals surface area contributed by atoms with Gasteiger partial charge in [-0.2, -0.15) is 5.10 Å². The molecular weight excluding hydrogens is 328 g/mol. The summed E-state index contributed by atoms with van der Waals surface area (Å²) in [5.41, 5.74) is 3.24. The average Bonchev–Trinajstić information content (AvgIpc) is 3.05. The highest BCUT2D eigenvalue weighted by Gasteiger charge is 2.08. The molecule has 7 nitrogen and oxygen atoms in total. The van der Waals surface area contributed by atoms with Crippen LogP contribution >= 0.6 is 0 Å². The third kappa shape index (κ3) is 4.44. The monoisotopic (exact) mass is 350 g/mol. The number of anilines is 1. The Kier molecular flexibility index (Phi) is 5.26. The zero-order chi connectivity index (χ0) is 18.5. The van der Waals surface area contributed by atoms with E-state index in [1.54, 1.807) is 23.0 Å². The van der Waals surface area contributed by atoms with Gasteiger partial charge in [0.2, 0.25) is 0 Å². The molecule has 1 aromatic carbocycles. The van der Waals surface area contributed by atoms with E-state index in [0.717, 1.165) is 22.6 Å². The molecule has 0 aliphatic rings. The van der Waals surface area contributed by atoms with E-state index in [9.17, 15) is 4.79 Å². The minimum atomic E-state index is -0.122. The number of rotatable bonds is 6. The topological polar surface area (TPSA) is 84.7 Å². The maximum absolute atomic E-state index is 12.2. The maximum atomic E-state index is 12.2. The lowest BCUT2D eigenvalue weighted by molar-refractivity contribution is 0.0951. The van der Waals surface area contributed by atoms with Gasteiger partial charge in [0.1, 0.15) is 5.82 Å². The molecule has 0 bridgehead atoms. The Morgan fingerprint density at radius 2 is 1.88 bits per heavy atom. The van der Waals surface area contributed by atoms with Crippen LogP contribution in [0.25, 0.3) is 11.3 Å². The van der Waals surface area contributed by atoms with Gasteiger partial charge in [-0.1, -0.05) is 12.1 Å². The van der Waals surface area contributed by atoms with Crippen LogP contribution in [0.4, 0.5) is 5.82 Å². The normalized spacial score (nSPS) is 10.8. The van der Waals surface area contributed by atoms with Crippen molar-refractivity contribution in [2.75, 3.05) is 5.32 Å². The average molecular weight is 350 g/mol. The summed E-state index contributed by atoms with van der Waals surface area (Å²) in [5, 5.41) is 18.6. The molecule has 2 N–H and O–H groups in total. The fourth-order valence-corrected chi connectivity index (χ4v) is 2.50. The smallest absolute Gasteiger partial charge is 0.251 e. The first-order valence-corrected chi connectivity index (χ1v) is 8.47. The molecule has 0 fully saturated rings. The van der Waals surface area contributed by atoms with Gasteiger partial charge in [0.25, 0.3) is 5.91 Å². The van der Waals surface area contributed by atoms with E-state index in [-0.39, 0.29) is 5.91 Å². The van der Waals surface area contributed by atoms with Gasteiger partial charge in [0.15, 0.2) is 0 Å². The number of aryl methyl sites for hydroxylation is 1. The number of carbonyl (C=O) groups excluding carboxylic acids is 1.